The molecule has 5 aromatic rings. The van der Waals surface area contributed by atoms with Gasteiger partial charge in [0.2, 0.25) is 5.91 Å². The van der Waals surface area contributed by atoms with Crippen LogP contribution in [0.4, 0.5) is 10.1 Å². The van der Waals surface area contributed by atoms with Gasteiger partial charge >= 0.3 is 0 Å². The number of amides is 1. The lowest BCUT2D eigenvalue weighted by Crippen LogP contribution is -2.32. The van der Waals surface area contributed by atoms with Crippen LogP contribution in [0.2, 0.25) is 0 Å². The normalized spacial score (nSPS) is 16.8. The molecule has 1 fully saturated rings. The van der Waals surface area contributed by atoms with Crippen molar-refractivity contribution < 1.29 is 13.6 Å². The number of halogens is 2. The third-order valence-corrected chi connectivity index (χ3v) is 7.80. The molecular weight excluding hydrogens is 591 g/mol. The second kappa shape index (κ2) is 11.2. The molecule has 1 saturated heterocycles. The maximum atomic E-state index is 14.7. The molecule has 2 aromatic heterocycles. The van der Waals surface area contributed by atoms with Gasteiger partial charge in [-0.2, -0.15) is 0 Å². The lowest BCUT2D eigenvalue weighted by atomic mass is 10.0. The second-order valence-electron chi connectivity index (χ2n) is 9.47. The Morgan fingerprint density at radius 1 is 1.05 bits per heavy atom. The van der Waals surface area contributed by atoms with Crippen LogP contribution in [0.15, 0.2) is 106 Å². The number of fused-ring (bicyclic) bond motifs is 1. The maximum Gasteiger partial charge on any atom is 0.226 e. The standard InChI is InChI=1S/C31H24BrFN4O2S/c32-20-11-12-22(23(33)18-20)26-13-14-27(39-26)30-29(25-9-3-4-16-34-25)36-31(40)37(30)17-15-28(38)35-24-10-5-7-19-6-1-2-8-21(19)24/h1-14,16,18,29-30H,15,17H2,(H,35,38)(H,36,40)/t29-,30+/m0/s1. The highest BCUT2D eigenvalue weighted by Crippen LogP contribution is 2.41. The number of aromatic nitrogens is 1. The molecule has 200 valence electrons. The molecular formula is C31H24BrFN4O2S. The minimum absolute atomic E-state index is 0.128. The molecule has 40 heavy (non-hydrogen) atoms. The molecule has 2 atom stereocenters. The molecule has 0 spiro atoms. The van der Waals surface area contributed by atoms with Crippen molar-refractivity contribution in [3.05, 3.63) is 119 Å². The maximum absolute atomic E-state index is 14.7. The van der Waals surface area contributed by atoms with Crippen molar-refractivity contribution in [2.75, 3.05) is 11.9 Å². The molecule has 6 rings (SSSR count). The predicted octanol–water partition coefficient (Wildman–Crippen LogP) is 7.40. The lowest BCUT2D eigenvalue weighted by molar-refractivity contribution is -0.116. The molecule has 0 radical (unpaired) electrons. The number of thiocarbonyl (C=S) groups is 1. The zero-order valence-corrected chi connectivity index (χ0v) is 23.6. The Kier molecular flexibility index (Phi) is 7.32. The third-order valence-electron chi connectivity index (χ3n) is 6.96. The van der Waals surface area contributed by atoms with E-state index in [0.29, 0.717) is 33.2 Å². The summed E-state index contributed by atoms with van der Waals surface area (Å²) >= 11 is 9.02. The van der Waals surface area contributed by atoms with Crippen LogP contribution in [0, 0.1) is 5.82 Å². The minimum Gasteiger partial charge on any atom is -0.459 e. The van der Waals surface area contributed by atoms with Crippen molar-refractivity contribution in [3.8, 4) is 11.3 Å². The van der Waals surface area contributed by atoms with Crippen LogP contribution in [-0.4, -0.2) is 27.4 Å². The van der Waals surface area contributed by atoms with Gasteiger partial charge in [-0.05, 0) is 66.1 Å². The van der Waals surface area contributed by atoms with Crippen molar-refractivity contribution in [2.45, 2.75) is 18.5 Å². The van der Waals surface area contributed by atoms with Gasteiger partial charge in [0.25, 0.3) is 0 Å². The Hall–Kier alpha value is -4.08. The van der Waals surface area contributed by atoms with Crippen LogP contribution in [-0.2, 0) is 4.79 Å². The van der Waals surface area contributed by atoms with Crippen molar-refractivity contribution in [3.63, 3.8) is 0 Å². The quantitative estimate of drug-likeness (QED) is 0.186. The van der Waals surface area contributed by atoms with Crippen molar-refractivity contribution in [1.29, 1.82) is 0 Å². The molecule has 1 amide bonds. The third kappa shape index (κ3) is 5.22. The van der Waals surface area contributed by atoms with Gasteiger partial charge in [0.15, 0.2) is 5.11 Å². The summed E-state index contributed by atoms with van der Waals surface area (Å²) in [6, 6.07) is 27.2. The SMILES string of the molecule is O=C(CCN1C(=S)N[C@@H](c2ccccn2)[C@H]1c1ccc(-c2ccc(Br)cc2F)o1)Nc1cccc2ccccc12. The Bertz CT molecular complexity index is 1710. The molecule has 0 saturated carbocycles. The van der Waals surface area contributed by atoms with Crippen LogP contribution in [0.3, 0.4) is 0 Å². The smallest absolute Gasteiger partial charge is 0.226 e. The zero-order chi connectivity index (χ0) is 27.6. The van der Waals surface area contributed by atoms with E-state index in [4.69, 9.17) is 16.6 Å². The summed E-state index contributed by atoms with van der Waals surface area (Å²) in [5.41, 5.74) is 1.91. The summed E-state index contributed by atoms with van der Waals surface area (Å²) in [5.74, 6) is 0.482. The molecule has 1 aliphatic rings. The number of nitrogens with zero attached hydrogens (tertiary/aromatic N) is 2. The van der Waals surface area contributed by atoms with Gasteiger partial charge in [0, 0.05) is 34.7 Å². The summed E-state index contributed by atoms with van der Waals surface area (Å²) in [6.07, 6.45) is 1.92. The molecule has 9 heteroatoms. The molecule has 0 bridgehead atoms. The fraction of sp³-hybridized carbons (Fsp3) is 0.129. The molecule has 0 aliphatic carbocycles. The molecule has 2 N–H and O–H groups in total. The second-order valence-corrected chi connectivity index (χ2v) is 10.8. The van der Waals surface area contributed by atoms with E-state index in [1.54, 1.807) is 24.4 Å². The van der Waals surface area contributed by atoms with Crippen LogP contribution >= 0.6 is 28.1 Å². The van der Waals surface area contributed by atoms with Gasteiger partial charge in [-0.25, -0.2) is 4.39 Å². The topological polar surface area (TPSA) is 70.4 Å². The number of nitrogens with one attached hydrogen (secondary N) is 2. The van der Waals surface area contributed by atoms with Gasteiger partial charge in [-0.3, -0.25) is 9.78 Å². The van der Waals surface area contributed by atoms with E-state index in [9.17, 15) is 9.18 Å². The van der Waals surface area contributed by atoms with E-state index in [2.05, 4.69) is 31.5 Å². The molecule has 6 nitrogen and oxygen atoms in total. The van der Waals surface area contributed by atoms with Crippen LogP contribution in [0.5, 0.6) is 0 Å². The lowest BCUT2D eigenvalue weighted by Gasteiger charge is -2.26. The zero-order valence-electron chi connectivity index (χ0n) is 21.2. The van der Waals surface area contributed by atoms with E-state index in [1.807, 2.05) is 71.6 Å². The number of pyridine rings is 1. The van der Waals surface area contributed by atoms with Crippen molar-refractivity contribution in [2.24, 2.45) is 0 Å². The summed E-state index contributed by atoms with van der Waals surface area (Å²) in [6.45, 7) is 0.346. The van der Waals surface area contributed by atoms with Crippen LogP contribution < -0.4 is 10.6 Å². The number of anilines is 1. The Balaban J connectivity index is 1.26. The first kappa shape index (κ1) is 26.2. The first-order valence-corrected chi connectivity index (χ1v) is 14.0. The fourth-order valence-corrected chi connectivity index (χ4v) is 5.74. The predicted molar refractivity (Wildman–Crippen MR) is 161 cm³/mol. The summed E-state index contributed by atoms with van der Waals surface area (Å²) in [5, 5.41) is 8.93. The molecule has 0 unspecified atom stereocenters. The number of benzene rings is 3. The van der Waals surface area contributed by atoms with E-state index in [1.165, 1.54) is 6.07 Å². The van der Waals surface area contributed by atoms with Gasteiger partial charge < -0.3 is 20.0 Å². The van der Waals surface area contributed by atoms with Gasteiger partial charge in [-0.1, -0.05) is 58.4 Å². The van der Waals surface area contributed by atoms with E-state index in [0.717, 1.165) is 22.2 Å². The van der Waals surface area contributed by atoms with Gasteiger partial charge in [0.05, 0.1) is 17.3 Å². The highest BCUT2D eigenvalue weighted by Gasteiger charge is 2.41. The van der Waals surface area contributed by atoms with Crippen molar-refractivity contribution in [1.82, 2.24) is 15.2 Å². The van der Waals surface area contributed by atoms with Crippen LogP contribution in [0.25, 0.3) is 22.1 Å². The molecule has 1 aliphatic heterocycles. The summed E-state index contributed by atoms with van der Waals surface area (Å²) in [7, 11) is 0. The first-order chi connectivity index (χ1) is 19.5. The number of carbonyl (C=O) groups excluding carboxylic acids is 1. The number of furan rings is 1. The average Bonchev–Trinajstić information content (AvgIpc) is 3.57. The molecule has 3 heterocycles. The van der Waals surface area contributed by atoms with E-state index in [-0.39, 0.29) is 24.4 Å². The Morgan fingerprint density at radius 2 is 1.88 bits per heavy atom. The van der Waals surface area contributed by atoms with Crippen LogP contribution in [0.1, 0.15) is 30.0 Å². The number of hydrogen-bond donors (Lipinski definition) is 2. The monoisotopic (exact) mass is 614 g/mol. The number of hydrogen-bond acceptors (Lipinski definition) is 4. The highest BCUT2D eigenvalue weighted by molar-refractivity contribution is 9.10. The van der Waals surface area contributed by atoms with Gasteiger partial charge in [0.1, 0.15) is 23.4 Å². The van der Waals surface area contributed by atoms with E-state index >= 15 is 0 Å². The van der Waals surface area contributed by atoms with Crippen molar-refractivity contribution >= 4 is 55.6 Å². The Morgan fingerprint density at radius 3 is 2.70 bits per heavy atom. The molecule has 3 aromatic carbocycles. The largest absolute Gasteiger partial charge is 0.459 e. The first-order valence-electron chi connectivity index (χ1n) is 12.8. The average molecular weight is 616 g/mol. The minimum atomic E-state index is -0.390. The number of rotatable bonds is 7. The highest BCUT2D eigenvalue weighted by atomic mass is 79.9. The summed E-state index contributed by atoms with van der Waals surface area (Å²) < 4.78 is 21.6. The Labute approximate surface area is 244 Å². The number of carbonyl (C=O) groups is 1. The van der Waals surface area contributed by atoms with E-state index < -0.39 is 5.82 Å². The summed E-state index contributed by atoms with van der Waals surface area (Å²) in [4.78, 5) is 19.6. The fourth-order valence-electron chi connectivity index (χ4n) is 5.07. The van der Waals surface area contributed by atoms with Gasteiger partial charge in [-0.15, -0.1) is 0 Å².